The lowest BCUT2D eigenvalue weighted by Crippen LogP contribution is -2.21. The standard InChI is InChI=1S/C15H19FO3S/c1-20-14-3-2-11(9-13(14)16)12(15(17)18)8-10-4-6-19-7-5-10/h2-3,9-10,12H,4-8H2,1H3,(H,17,18). The van der Waals surface area contributed by atoms with Crippen molar-refractivity contribution in [3.05, 3.63) is 29.6 Å². The second kappa shape index (κ2) is 7.09. The number of carbonyl (C=O) groups is 1. The number of ether oxygens (including phenoxy) is 1. The summed E-state index contributed by atoms with van der Waals surface area (Å²) in [5, 5.41) is 9.42. The van der Waals surface area contributed by atoms with Gasteiger partial charge in [-0.15, -0.1) is 11.8 Å². The first-order chi connectivity index (χ1) is 9.61. The highest BCUT2D eigenvalue weighted by Gasteiger charge is 2.26. The van der Waals surface area contributed by atoms with Crippen LogP contribution in [0.2, 0.25) is 0 Å². The van der Waals surface area contributed by atoms with Crippen LogP contribution in [0.1, 0.15) is 30.7 Å². The van der Waals surface area contributed by atoms with Gasteiger partial charge in [0.25, 0.3) is 0 Å². The molecule has 0 aromatic heterocycles. The van der Waals surface area contributed by atoms with Crippen molar-refractivity contribution in [1.29, 1.82) is 0 Å². The lowest BCUT2D eigenvalue weighted by molar-refractivity contribution is -0.139. The second-order valence-corrected chi connectivity index (χ2v) is 5.92. The van der Waals surface area contributed by atoms with Gasteiger partial charge in [0.15, 0.2) is 0 Å². The number of carboxylic acid groups (broad SMARTS) is 1. The molecule has 1 atom stereocenters. The second-order valence-electron chi connectivity index (χ2n) is 5.08. The first-order valence-corrected chi connectivity index (χ1v) is 7.98. The number of hydrogen-bond donors (Lipinski definition) is 1. The molecule has 20 heavy (non-hydrogen) atoms. The summed E-state index contributed by atoms with van der Waals surface area (Å²) in [5.41, 5.74) is 0.555. The van der Waals surface area contributed by atoms with Crippen LogP contribution in [0.3, 0.4) is 0 Å². The van der Waals surface area contributed by atoms with E-state index in [1.54, 1.807) is 18.4 Å². The number of hydrogen-bond acceptors (Lipinski definition) is 3. The Morgan fingerprint density at radius 3 is 2.75 bits per heavy atom. The Balaban J connectivity index is 2.15. The monoisotopic (exact) mass is 298 g/mol. The number of benzene rings is 1. The highest BCUT2D eigenvalue weighted by Crippen LogP contribution is 2.31. The molecule has 1 aliphatic rings. The van der Waals surface area contributed by atoms with Crippen molar-refractivity contribution < 1.29 is 19.0 Å². The zero-order valence-corrected chi connectivity index (χ0v) is 12.3. The molecule has 1 unspecified atom stereocenters. The average molecular weight is 298 g/mol. The summed E-state index contributed by atoms with van der Waals surface area (Å²) in [6.45, 7) is 1.38. The van der Waals surface area contributed by atoms with E-state index in [0.717, 1.165) is 12.8 Å². The molecule has 1 aromatic carbocycles. The number of halogens is 1. The summed E-state index contributed by atoms with van der Waals surface area (Å²) in [7, 11) is 0. The minimum Gasteiger partial charge on any atom is -0.481 e. The maximum atomic E-state index is 13.8. The molecule has 1 aliphatic heterocycles. The van der Waals surface area contributed by atoms with E-state index in [1.807, 2.05) is 0 Å². The zero-order valence-electron chi connectivity index (χ0n) is 11.5. The van der Waals surface area contributed by atoms with Crippen molar-refractivity contribution in [2.24, 2.45) is 5.92 Å². The Kier molecular flexibility index (Phi) is 5.43. The van der Waals surface area contributed by atoms with E-state index in [-0.39, 0.29) is 5.82 Å². The van der Waals surface area contributed by atoms with Gasteiger partial charge in [-0.3, -0.25) is 4.79 Å². The van der Waals surface area contributed by atoms with Crippen molar-refractivity contribution >= 4 is 17.7 Å². The van der Waals surface area contributed by atoms with Crippen molar-refractivity contribution in [3.8, 4) is 0 Å². The molecule has 110 valence electrons. The van der Waals surface area contributed by atoms with Gasteiger partial charge in [-0.2, -0.15) is 0 Å². The van der Waals surface area contributed by atoms with Crippen LogP contribution in [0.5, 0.6) is 0 Å². The zero-order chi connectivity index (χ0) is 14.5. The molecular formula is C15H19FO3S. The van der Waals surface area contributed by atoms with Gasteiger partial charge in [0, 0.05) is 18.1 Å². The van der Waals surface area contributed by atoms with E-state index < -0.39 is 11.9 Å². The number of rotatable bonds is 5. The van der Waals surface area contributed by atoms with Crippen LogP contribution < -0.4 is 0 Å². The Morgan fingerprint density at radius 2 is 2.20 bits per heavy atom. The highest BCUT2D eigenvalue weighted by atomic mass is 32.2. The topological polar surface area (TPSA) is 46.5 Å². The fourth-order valence-electron chi connectivity index (χ4n) is 2.59. The maximum absolute atomic E-state index is 13.8. The smallest absolute Gasteiger partial charge is 0.310 e. The quantitative estimate of drug-likeness (QED) is 0.845. The Hall–Kier alpha value is -1.07. The maximum Gasteiger partial charge on any atom is 0.310 e. The van der Waals surface area contributed by atoms with Gasteiger partial charge >= 0.3 is 5.97 Å². The molecule has 1 saturated heterocycles. The van der Waals surface area contributed by atoms with Crippen LogP contribution >= 0.6 is 11.8 Å². The van der Waals surface area contributed by atoms with Crippen molar-refractivity contribution in [2.75, 3.05) is 19.5 Å². The molecule has 0 amide bonds. The Morgan fingerprint density at radius 1 is 1.50 bits per heavy atom. The molecule has 3 nitrogen and oxygen atoms in total. The molecule has 0 aliphatic carbocycles. The number of thioether (sulfide) groups is 1. The fraction of sp³-hybridized carbons (Fsp3) is 0.533. The summed E-state index contributed by atoms with van der Waals surface area (Å²) in [6, 6.07) is 4.76. The van der Waals surface area contributed by atoms with E-state index in [2.05, 4.69) is 0 Å². The molecule has 1 heterocycles. The molecule has 0 radical (unpaired) electrons. The minimum atomic E-state index is -0.882. The van der Waals surface area contributed by atoms with Crippen LogP contribution in [0.4, 0.5) is 4.39 Å². The van der Waals surface area contributed by atoms with E-state index in [1.165, 1.54) is 17.8 Å². The highest BCUT2D eigenvalue weighted by molar-refractivity contribution is 7.98. The largest absolute Gasteiger partial charge is 0.481 e. The summed E-state index contributed by atoms with van der Waals surface area (Å²) >= 11 is 1.32. The average Bonchev–Trinajstić information content (AvgIpc) is 2.45. The summed E-state index contributed by atoms with van der Waals surface area (Å²) in [5.74, 6) is -1.52. The third-order valence-corrected chi connectivity index (χ3v) is 4.56. The molecular weight excluding hydrogens is 279 g/mol. The van der Waals surface area contributed by atoms with Crippen LogP contribution in [0.25, 0.3) is 0 Å². The van der Waals surface area contributed by atoms with Gasteiger partial charge in [0.2, 0.25) is 0 Å². The van der Waals surface area contributed by atoms with Gasteiger partial charge in [-0.25, -0.2) is 4.39 Å². The molecule has 1 aromatic rings. The van der Waals surface area contributed by atoms with Crippen LogP contribution in [0, 0.1) is 11.7 Å². The minimum absolute atomic E-state index is 0.340. The van der Waals surface area contributed by atoms with Gasteiger partial charge in [0.05, 0.1) is 5.92 Å². The Bertz CT molecular complexity index is 472. The third kappa shape index (κ3) is 3.73. The van der Waals surface area contributed by atoms with E-state index >= 15 is 0 Å². The van der Waals surface area contributed by atoms with Gasteiger partial charge < -0.3 is 9.84 Å². The lowest BCUT2D eigenvalue weighted by atomic mass is 9.85. The lowest BCUT2D eigenvalue weighted by Gasteiger charge is -2.25. The molecule has 1 fully saturated rings. The van der Waals surface area contributed by atoms with E-state index in [9.17, 15) is 14.3 Å². The van der Waals surface area contributed by atoms with Gasteiger partial charge in [-0.05, 0) is 49.1 Å². The third-order valence-electron chi connectivity index (χ3n) is 3.79. The van der Waals surface area contributed by atoms with Crippen LogP contribution in [-0.2, 0) is 9.53 Å². The summed E-state index contributed by atoms with van der Waals surface area (Å²) in [6.07, 6.45) is 4.12. The SMILES string of the molecule is CSc1ccc(C(CC2CCOCC2)C(=O)O)cc1F. The number of carboxylic acids is 1. The molecule has 0 bridgehead atoms. The van der Waals surface area contributed by atoms with Crippen molar-refractivity contribution in [1.82, 2.24) is 0 Å². The molecule has 5 heteroatoms. The van der Waals surface area contributed by atoms with E-state index in [4.69, 9.17) is 4.74 Å². The molecule has 0 spiro atoms. The summed E-state index contributed by atoms with van der Waals surface area (Å²) in [4.78, 5) is 12.0. The van der Waals surface area contributed by atoms with E-state index in [0.29, 0.717) is 36.0 Å². The predicted molar refractivity (Wildman–Crippen MR) is 76.7 cm³/mol. The normalized spacial score (nSPS) is 17.9. The van der Waals surface area contributed by atoms with Gasteiger partial charge in [0.1, 0.15) is 5.82 Å². The predicted octanol–water partition coefficient (Wildman–Crippen LogP) is 3.53. The van der Waals surface area contributed by atoms with Crippen molar-refractivity contribution in [2.45, 2.75) is 30.1 Å². The summed E-state index contributed by atoms with van der Waals surface area (Å²) < 4.78 is 19.1. The molecule has 2 rings (SSSR count). The van der Waals surface area contributed by atoms with Crippen LogP contribution in [0.15, 0.2) is 23.1 Å². The first kappa shape index (κ1) is 15.3. The molecule has 1 N–H and O–H groups in total. The Labute approximate surface area is 122 Å². The number of aliphatic carboxylic acids is 1. The fourth-order valence-corrected chi connectivity index (χ4v) is 3.05. The molecule has 0 saturated carbocycles. The van der Waals surface area contributed by atoms with Gasteiger partial charge in [-0.1, -0.05) is 6.07 Å². The van der Waals surface area contributed by atoms with Crippen LogP contribution in [-0.4, -0.2) is 30.5 Å². The van der Waals surface area contributed by atoms with Crippen molar-refractivity contribution in [3.63, 3.8) is 0 Å². The first-order valence-electron chi connectivity index (χ1n) is 6.75.